The predicted molar refractivity (Wildman–Crippen MR) is 83.8 cm³/mol. The van der Waals surface area contributed by atoms with Crippen molar-refractivity contribution in [2.45, 2.75) is 38.3 Å². The molecule has 23 heavy (non-hydrogen) atoms. The molecule has 1 aliphatic heterocycles. The van der Waals surface area contributed by atoms with Gasteiger partial charge in [-0.3, -0.25) is 4.79 Å². The zero-order chi connectivity index (χ0) is 16.5. The van der Waals surface area contributed by atoms with Gasteiger partial charge in [-0.25, -0.2) is 4.79 Å². The number of hydrogen-bond donors (Lipinski definition) is 1. The summed E-state index contributed by atoms with van der Waals surface area (Å²) < 4.78 is 15.7. The van der Waals surface area contributed by atoms with Crippen LogP contribution < -0.4 is 5.32 Å². The van der Waals surface area contributed by atoms with E-state index in [1.807, 2.05) is 30.3 Å². The maximum absolute atomic E-state index is 12.1. The first-order valence-corrected chi connectivity index (χ1v) is 7.86. The van der Waals surface area contributed by atoms with Crippen LogP contribution in [0.15, 0.2) is 30.3 Å². The molecule has 1 aromatic rings. The molecule has 0 aliphatic carbocycles. The van der Waals surface area contributed by atoms with Crippen molar-refractivity contribution >= 4 is 12.1 Å². The number of carbonyl (C=O) groups excluding carboxylic acids is 2. The van der Waals surface area contributed by atoms with Crippen LogP contribution in [-0.4, -0.2) is 37.4 Å². The summed E-state index contributed by atoms with van der Waals surface area (Å²) in [6.07, 6.45) is 0.968. The molecule has 1 fully saturated rings. The van der Waals surface area contributed by atoms with Crippen molar-refractivity contribution in [1.29, 1.82) is 0 Å². The van der Waals surface area contributed by atoms with Gasteiger partial charge < -0.3 is 19.5 Å². The Balaban J connectivity index is 1.91. The Hall–Kier alpha value is -2.08. The van der Waals surface area contributed by atoms with Crippen LogP contribution in [0.1, 0.15) is 31.7 Å². The zero-order valence-electron chi connectivity index (χ0n) is 13.4. The summed E-state index contributed by atoms with van der Waals surface area (Å²) in [6, 6.07) is 9.43. The van der Waals surface area contributed by atoms with E-state index in [1.165, 1.54) is 0 Å². The SMILES string of the molecule is CCOC(=O)CC1(NC(=O)OCc2ccccc2)CCCOC1. The molecule has 1 heterocycles. The minimum Gasteiger partial charge on any atom is -0.466 e. The van der Waals surface area contributed by atoms with Crippen LogP contribution in [0.5, 0.6) is 0 Å². The van der Waals surface area contributed by atoms with Crippen molar-refractivity contribution in [3.63, 3.8) is 0 Å². The Morgan fingerprint density at radius 3 is 2.70 bits per heavy atom. The van der Waals surface area contributed by atoms with E-state index in [1.54, 1.807) is 6.92 Å². The standard InChI is InChI=1S/C17H23NO5/c1-2-22-15(19)11-17(9-6-10-21-13-17)18-16(20)23-12-14-7-4-3-5-8-14/h3-5,7-8H,2,6,9-13H2,1H3,(H,18,20). The number of hydrogen-bond acceptors (Lipinski definition) is 5. The predicted octanol–water partition coefficient (Wildman–Crippen LogP) is 2.42. The van der Waals surface area contributed by atoms with Crippen LogP contribution >= 0.6 is 0 Å². The Morgan fingerprint density at radius 2 is 2.04 bits per heavy atom. The second-order valence-electron chi connectivity index (χ2n) is 5.60. The second-order valence-corrected chi connectivity index (χ2v) is 5.60. The lowest BCUT2D eigenvalue weighted by Crippen LogP contribution is -2.55. The molecule has 0 radical (unpaired) electrons. The molecule has 6 heteroatoms. The maximum atomic E-state index is 12.1. The molecule has 0 aromatic heterocycles. The van der Waals surface area contributed by atoms with Gasteiger partial charge in [0.15, 0.2) is 0 Å². The molecule has 1 N–H and O–H groups in total. The van der Waals surface area contributed by atoms with Crippen molar-refractivity contribution in [3.05, 3.63) is 35.9 Å². The van der Waals surface area contributed by atoms with Gasteiger partial charge in [-0.15, -0.1) is 0 Å². The number of nitrogens with one attached hydrogen (secondary N) is 1. The summed E-state index contributed by atoms with van der Waals surface area (Å²) in [5, 5.41) is 2.80. The Morgan fingerprint density at radius 1 is 1.26 bits per heavy atom. The minimum absolute atomic E-state index is 0.0846. The number of alkyl carbamates (subject to hydrolysis) is 1. The summed E-state index contributed by atoms with van der Waals surface area (Å²) in [5.74, 6) is -0.346. The number of esters is 1. The maximum Gasteiger partial charge on any atom is 0.407 e. The number of amides is 1. The molecule has 126 valence electrons. The number of benzene rings is 1. The molecule has 0 spiro atoms. The van der Waals surface area contributed by atoms with Crippen molar-refractivity contribution < 1.29 is 23.8 Å². The van der Waals surface area contributed by atoms with Crippen LogP contribution in [0.3, 0.4) is 0 Å². The van der Waals surface area contributed by atoms with Gasteiger partial charge >= 0.3 is 12.1 Å². The third-order valence-electron chi connectivity index (χ3n) is 3.69. The van der Waals surface area contributed by atoms with Crippen molar-refractivity contribution in [2.75, 3.05) is 19.8 Å². The molecule has 1 saturated heterocycles. The van der Waals surface area contributed by atoms with Gasteiger partial charge in [0.1, 0.15) is 6.61 Å². The molecule has 1 aliphatic rings. The smallest absolute Gasteiger partial charge is 0.407 e. The molecule has 0 saturated carbocycles. The first-order valence-electron chi connectivity index (χ1n) is 7.86. The highest BCUT2D eigenvalue weighted by Crippen LogP contribution is 2.24. The Kier molecular flexibility index (Phi) is 6.40. The van der Waals surface area contributed by atoms with Gasteiger partial charge in [0.25, 0.3) is 0 Å². The fraction of sp³-hybridized carbons (Fsp3) is 0.529. The molecule has 0 bridgehead atoms. The van der Waals surface area contributed by atoms with Crippen molar-refractivity contribution in [1.82, 2.24) is 5.32 Å². The minimum atomic E-state index is -0.752. The zero-order valence-corrected chi connectivity index (χ0v) is 13.4. The first-order chi connectivity index (χ1) is 11.1. The second kappa shape index (κ2) is 8.53. The van der Waals surface area contributed by atoms with Gasteiger partial charge in [-0.1, -0.05) is 30.3 Å². The summed E-state index contributed by atoms with van der Waals surface area (Å²) in [4.78, 5) is 23.9. The van der Waals surface area contributed by atoms with Crippen LogP contribution in [0, 0.1) is 0 Å². The average molecular weight is 321 g/mol. The number of carbonyl (C=O) groups is 2. The van der Waals surface area contributed by atoms with E-state index in [9.17, 15) is 9.59 Å². The fourth-order valence-electron chi connectivity index (χ4n) is 2.60. The van der Waals surface area contributed by atoms with Crippen molar-refractivity contribution in [3.8, 4) is 0 Å². The molecule has 1 unspecified atom stereocenters. The first kappa shape index (κ1) is 17.3. The Labute approximate surface area is 136 Å². The Bertz CT molecular complexity index is 511. The number of rotatable bonds is 6. The van der Waals surface area contributed by atoms with Gasteiger partial charge in [0.2, 0.25) is 0 Å². The lowest BCUT2D eigenvalue weighted by molar-refractivity contribution is -0.146. The highest BCUT2D eigenvalue weighted by molar-refractivity contribution is 5.74. The largest absolute Gasteiger partial charge is 0.466 e. The van der Waals surface area contributed by atoms with E-state index in [-0.39, 0.29) is 25.6 Å². The van der Waals surface area contributed by atoms with Gasteiger partial charge in [-0.05, 0) is 25.3 Å². The van der Waals surface area contributed by atoms with E-state index in [0.717, 1.165) is 12.0 Å². The summed E-state index contributed by atoms with van der Waals surface area (Å²) >= 11 is 0. The van der Waals surface area contributed by atoms with E-state index >= 15 is 0 Å². The average Bonchev–Trinajstić information content (AvgIpc) is 2.55. The van der Waals surface area contributed by atoms with E-state index in [2.05, 4.69) is 5.32 Å². The quantitative estimate of drug-likeness (QED) is 0.815. The lowest BCUT2D eigenvalue weighted by atomic mass is 9.89. The summed E-state index contributed by atoms with van der Waals surface area (Å²) in [7, 11) is 0. The van der Waals surface area contributed by atoms with Gasteiger partial charge in [0.05, 0.1) is 25.2 Å². The van der Waals surface area contributed by atoms with E-state index in [0.29, 0.717) is 19.6 Å². The monoisotopic (exact) mass is 321 g/mol. The van der Waals surface area contributed by atoms with Crippen LogP contribution in [0.25, 0.3) is 0 Å². The molecular formula is C17H23NO5. The molecular weight excluding hydrogens is 298 g/mol. The fourth-order valence-corrected chi connectivity index (χ4v) is 2.60. The molecule has 6 nitrogen and oxygen atoms in total. The van der Waals surface area contributed by atoms with Crippen LogP contribution in [0.4, 0.5) is 4.79 Å². The molecule has 1 atom stereocenters. The highest BCUT2D eigenvalue weighted by Gasteiger charge is 2.37. The van der Waals surface area contributed by atoms with Gasteiger partial charge in [-0.2, -0.15) is 0 Å². The third kappa shape index (κ3) is 5.56. The molecule has 1 amide bonds. The van der Waals surface area contributed by atoms with Gasteiger partial charge in [0, 0.05) is 6.61 Å². The molecule has 1 aromatic carbocycles. The summed E-state index contributed by atoms with van der Waals surface area (Å²) in [6.45, 7) is 3.16. The van der Waals surface area contributed by atoms with E-state index < -0.39 is 11.6 Å². The molecule has 2 rings (SSSR count). The summed E-state index contributed by atoms with van der Waals surface area (Å²) in [5.41, 5.74) is 0.153. The lowest BCUT2D eigenvalue weighted by Gasteiger charge is -2.36. The normalized spacial score (nSPS) is 20.6. The highest BCUT2D eigenvalue weighted by atomic mass is 16.6. The van der Waals surface area contributed by atoms with Crippen LogP contribution in [-0.2, 0) is 25.6 Å². The number of ether oxygens (including phenoxy) is 3. The third-order valence-corrected chi connectivity index (χ3v) is 3.69. The topological polar surface area (TPSA) is 73.9 Å². The van der Waals surface area contributed by atoms with Crippen molar-refractivity contribution in [2.24, 2.45) is 0 Å². The van der Waals surface area contributed by atoms with E-state index in [4.69, 9.17) is 14.2 Å². The van der Waals surface area contributed by atoms with Crippen LogP contribution in [0.2, 0.25) is 0 Å².